The molecule has 34 heavy (non-hydrogen) atoms. The lowest BCUT2D eigenvalue weighted by atomic mass is 10.1. The third-order valence-corrected chi connectivity index (χ3v) is 5.58. The number of ether oxygens (including phenoxy) is 1. The van der Waals surface area contributed by atoms with E-state index in [1.54, 1.807) is 54.4 Å². The highest BCUT2D eigenvalue weighted by molar-refractivity contribution is 9.10. The van der Waals surface area contributed by atoms with Crippen LogP contribution in [-0.4, -0.2) is 35.0 Å². The molecular weight excluding hydrogens is 514 g/mol. The van der Waals surface area contributed by atoms with Crippen LogP contribution in [0.25, 0.3) is 0 Å². The lowest BCUT2D eigenvalue weighted by Gasteiger charge is -2.18. The van der Waals surface area contributed by atoms with Crippen molar-refractivity contribution in [3.63, 3.8) is 0 Å². The Kier molecular flexibility index (Phi) is 8.79. The second-order valence-corrected chi connectivity index (χ2v) is 9.21. The molecule has 6 nitrogen and oxygen atoms in total. The zero-order valence-corrected chi connectivity index (χ0v) is 21.6. The van der Waals surface area contributed by atoms with Gasteiger partial charge in [-0.2, -0.15) is 0 Å². The largest absolute Gasteiger partial charge is 0.490 e. The van der Waals surface area contributed by atoms with Crippen LogP contribution in [0.1, 0.15) is 40.1 Å². The fraction of sp³-hybridized carbons (Fsp3) is 0.192. The molecule has 0 heterocycles. The number of anilines is 1. The Hall–Kier alpha value is -3.23. The number of nitrogens with one attached hydrogen (secondary N) is 2. The van der Waals surface area contributed by atoms with E-state index in [9.17, 15) is 9.59 Å². The molecule has 3 rings (SSSR count). The molecule has 0 unspecified atom stereocenters. The summed E-state index contributed by atoms with van der Waals surface area (Å²) >= 11 is 8.73. The number of amides is 2. The van der Waals surface area contributed by atoms with Crippen LogP contribution in [0.4, 0.5) is 5.69 Å². The van der Waals surface area contributed by atoms with Gasteiger partial charge in [0.1, 0.15) is 5.75 Å². The van der Waals surface area contributed by atoms with Gasteiger partial charge >= 0.3 is 0 Å². The molecule has 8 heteroatoms. The maximum Gasteiger partial charge on any atom is 0.257 e. The van der Waals surface area contributed by atoms with Crippen LogP contribution < -0.4 is 15.4 Å². The van der Waals surface area contributed by atoms with Gasteiger partial charge in [-0.05, 0) is 84.0 Å². The Bertz CT molecular complexity index is 1180. The van der Waals surface area contributed by atoms with Gasteiger partial charge in [-0.3, -0.25) is 14.9 Å². The molecule has 0 spiro atoms. The molecule has 2 amide bonds. The highest BCUT2D eigenvalue weighted by Gasteiger charge is 2.14. The van der Waals surface area contributed by atoms with Gasteiger partial charge < -0.3 is 15.0 Å². The number of benzene rings is 3. The van der Waals surface area contributed by atoms with Crippen molar-refractivity contribution in [2.24, 2.45) is 0 Å². The lowest BCUT2D eigenvalue weighted by molar-refractivity contribution is 0.0785. The molecule has 0 radical (unpaired) electrons. The SMILES string of the molecule is CC(C)Oc1ccc(C(=O)NC(=S)Nc2cccc(C(=O)N(C)Cc3ccccc3)c2)cc1Br. The summed E-state index contributed by atoms with van der Waals surface area (Å²) in [5, 5.41) is 5.76. The molecule has 0 aliphatic heterocycles. The molecule has 2 N–H and O–H groups in total. The zero-order valence-electron chi connectivity index (χ0n) is 19.2. The molecule has 0 aliphatic carbocycles. The average Bonchev–Trinajstić information content (AvgIpc) is 2.80. The number of hydrogen-bond donors (Lipinski definition) is 2. The molecule has 176 valence electrons. The monoisotopic (exact) mass is 539 g/mol. The van der Waals surface area contributed by atoms with Crippen molar-refractivity contribution in [3.05, 3.63) is 94.0 Å². The van der Waals surface area contributed by atoms with Gasteiger partial charge in [-0.15, -0.1) is 0 Å². The number of nitrogens with zero attached hydrogens (tertiary/aromatic N) is 1. The van der Waals surface area contributed by atoms with Gasteiger partial charge in [0.05, 0.1) is 10.6 Å². The molecule has 0 aliphatic rings. The second kappa shape index (κ2) is 11.8. The highest BCUT2D eigenvalue weighted by Crippen LogP contribution is 2.27. The van der Waals surface area contributed by atoms with Crippen LogP contribution in [0, 0.1) is 0 Å². The van der Waals surface area contributed by atoms with Crippen LogP contribution in [0.5, 0.6) is 5.75 Å². The van der Waals surface area contributed by atoms with Crippen molar-refractivity contribution in [2.75, 3.05) is 12.4 Å². The first-order valence-corrected chi connectivity index (χ1v) is 11.9. The van der Waals surface area contributed by atoms with Crippen LogP contribution in [0.3, 0.4) is 0 Å². The fourth-order valence-electron chi connectivity index (χ4n) is 3.21. The van der Waals surface area contributed by atoms with Gasteiger partial charge in [-0.25, -0.2) is 0 Å². The van der Waals surface area contributed by atoms with Gasteiger partial charge in [0.2, 0.25) is 0 Å². The van der Waals surface area contributed by atoms with E-state index in [1.165, 1.54) is 0 Å². The van der Waals surface area contributed by atoms with Crippen molar-refractivity contribution < 1.29 is 14.3 Å². The van der Waals surface area contributed by atoms with Crippen LogP contribution >= 0.6 is 28.1 Å². The quantitative estimate of drug-likeness (QED) is 0.380. The van der Waals surface area contributed by atoms with Gasteiger partial charge in [-0.1, -0.05) is 36.4 Å². The fourth-order valence-corrected chi connectivity index (χ4v) is 3.89. The molecule has 3 aromatic carbocycles. The van der Waals surface area contributed by atoms with E-state index >= 15 is 0 Å². The number of hydrogen-bond acceptors (Lipinski definition) is 4. The number of rotatable bonds is 7. The molecule has 0 bridgehead atoms. The third kappa shape index (κ3) is 7.13. The Morgan fingerprint density at radius 2 is 1.74 bits per heavy atom. The Balaban J connectivity index is 1.61. The summed E-state index contributed by atoms with van der Waals surface area (Å²) in [5.41, 5.74) is 2.60. The smallest absolute Gasteiger partial charge is 0.257 e. The van der Waals surface area contributed by atoms with Crippen molar-refractivity contribution in [1.82, 2.24) is 10.2 Å². The van der Waals surface area contributed by atoms with E-state index in [2.05, 4.69) is 26.6 Å². The molecule has 0 saturated heterocycles. The molecule has 0 saturated carbocycles. The first kappa shape index (κ1) is 25.4. The number of halogens is 1. The van der Waals surface area contributed by atoms with Gasteiger partial charge in [0.25, 0.3) is 11.8 Å². The predicted molar refractivity (Wildman–Crippen MR) is 142 cm³/mol. The van der Waals surface area contributed by atoms with E-state index in [4.69, 9.17) is 17.0 Å². The average molecular weight is 540 g/mol. The second-order valence-electron chi connectivity index (χ2n) is 7.95. The maximum absolute atomic E-state index is 12.9. The van der Waals surface area contributed by atoms with Gasteiger partial charge in [0.15, 0.2) is 5.11 Å². The van der Waals surface area contributed by atoms with E-state index in [-0.39, 0.29) is 23.0 Å². The Morgan fingerprint density at radius 3 is 2.41 bits per heavy atom. The Labute approximate surface area is 213 Å². The Morgan fingerprint density at radius 1 is 1.00 bits per heavy atom. The standard InChI is InChI=1S/C26H26BrN3O3S/c1-17(2)33-23-13-12-19(15-22(23)27)24(31)29-26(34)28-21-11-7-10-20(14-21)25(32)30(3)16-18-8-5-4-6-9-18/h4-15,17H,16H2,1-3H3,(H2,28,29,31,34). The topological polar surface area (TPSA) is 70.7 Å². The minimum absolute atomic E-state index is 0.0218. The van der Waals surface area contributed by atoms with E-state index in [0.717, 1.165) is 5.56 Å². The van der Waals surface area contributed by atoms with E-state index in [1.807, 2.05) is 44.2 Å². The third-order valence-electron chi connectivity index (χ3n) is 4.76. The molecule has 0 fully saturated rings. The summed E-state index contributed by atoms with van der Waals surface area (Å²) in [6, 6.07) is 21.9. The van der Waals surface area contributed by atoms with Crippen molar-refractivity contribution in [1.29, 1.82) is 0 Å². The summed E-state index contributed by atoms with van der Waals surface area (Å²) in [6.07, 6.45) is 0.0218. The number of carbonyl (C=O) groups is 2. The summed E-state index contributed by atoms with van der Waals surface area (Å²) in [5.74, 6) is 0.186. The highest BCUT2D eigenvalue weighted by atomic mass is 79.9. The minimum atomic E-state index is -0.357. The van der Waals surface area contributed by atoms with Crippen molar-refractivity contribution >= 4 is 50.8 Å². The van der Waals surface area contributed by atoms with Gasteiger partial charge in [0, 0.05) is 30.4 Å². The summed E-state index contributed by atoms with van der Waals surface area (Å²) in [6.45, 7) is 4.37. The van der Waals surface area contributed by atoms with Crippen molar-refractivity contribution in [2.45, 2.75) is 26.5 Å². The summed E-state index contributed by atoms with van der Waals surface area (Å²) in [4.78, 5) is 27.1. The van der Waals surface area contributed by atoms with Crippen LogP contribution in [-0.2, 0) is 6.54 Å². The summed E-state index contributed by atoms with van der Waals surface area (Å²) in [7, 11) is 1.76. The lowest BCUT2D eigenvalue weighted by Crippen LogP contribution is -2.34. The van der Waals surface area contributed by atoms with E-state index < -0.39 is 0 Å². The number of carbonyl (C=O) groups excluding carboxylic acids is 2. The summed E-state index contributed by atoms with van der Waals surface area (Å²) < 4.78 is 6.35. The zero-order chi connectivity index (χ0) is 24.7. The molecule has 3 aromatic rings. The maximum atomic E-state index is 12.9. The first-order chi connectivity index (χ1) is 16.2. The normalized spacial score (nSPS) is 10.5. The molecule has 0 atom stereocenters. The molecule has 0 aromatic heterocycles. The predicted octanol–water partition coefficient (Wildman–Crippen LogP) is 5.64. The van der Waals surface area contributed by atoms with Crippen LogP contribution in [0.2, 0.25) is 0 Å². The van der Waals surface area contributed by atoms with E-state index in [0.29, 0.717) is 33.6 Å². The number of thiocarbonyl (C=S) groups is 1. The first-order valence-electron chi connectivity index (χ1n) is 10.7. The van der Waals surface area contributed by atoms with Crippen LogP contribution in [0.15, 0.2) is 77.3 Å². The minimum Gasteiger partial charge on any atom is -0.490 e. The molecular formula is C26H26BrN3O3S. The van der Waals surface area contributed by atoms with Crippen molar-refractivity contribution in [3.8, 4) is 5.75 Å².